The minimum absolute atomic E-state index is 0.0338. The Balaban J connectivity index is 1.33. The molecular formula is C22H31N5OS. The van der Waals surface area contributed by atoms with Crippen molar-refractivity contribution in [3.8, 4) is 5.13 Å². The van der Waals surface area contributed by atoms with E-state index < -0.39 is 0 Å². The maximum Gasteiger partial charge on any atom is 0.224 e. The van der Waals surface area contributed by atoms with Gasteiger partial charge in [-0.2, -0.15) is 0 Å². The zero-order valence-electron chi connectivity index (χ0n) is 17.5. The molecule has 6 nitrogen and oxygen atoms in total. The fourth-order valence-electron chi connectivity index (χ4n) is 4.38. The zero-order chi connectivity index (χ0) is 20.2. The highest BCUT2D eigenvalue weighted by Crippen LogP contribution is 2.29. The third kappa shape index (κ3) is 4.71. The van der Waals surface area contributed by atoms with E-state index in [0.29, 0.717) is 0 Å². The molecule has 1 aliphatic carbocycles. The molecule has 156 valence electrons. The summed E-state index contributed by atoms with van der Waals surface area (Å²) in [5.41, 5.74) is 3.84. The molecule has 0 unspecified atom stereocenters. The van der Waals surface area contributed by atoms with Crippen molar-refractivity contribution in [1.29, 1.82) is 0 Å². The predicted molar refractivity (Wildman–Crippen MR) is 118 cm³/mol. The predicted octanol–water partition coefficient (Wildman–Crippen LogP) is 4.17. The number of aromatic nitrogens is 3. The Labute approximate surface area is 177 Å². The summed E-state index contributed by atoms with van der Waals surface area (Å²) in [4.78, 5) is 14.9. The van der Waals surface area contributed by atoms with E-state index in [4.69, 9.17) is 0 Å². The van der Waals surface area contributed by atoms with Crippen LogP contribution in [0.4, 0.5) is 5.13 Å². The van der Waals surface area contributed by atoms with Gasteiger partial charge in [0.2, 0.25) is 16.2 Å². The number of carbonyl (C=O) groups is 1. The summed E-state index contributed by atoms with van der Waals surface area (Å²) in [7, 11) is 0. The lowest BCUT2D eigenvalue weighted by Gasteiger charge is -2.31. The molecule has 0 radical (unpaired) electrons. The second-order valence-electron chi connectivity index (χ2n) is 8.25. The Bertz CT molecular complexity index is 864. The van der Waals surface area contributed by atoms with E-state index >= 15 is 0 Å². The Kier molecular flexibility index (Phi) is 6.33. The Hall–Kier alpha value is -2.15. The standard InChI is InChI=1S/C22H31N5OS/c1-16-10-11-17(2)27(16)22-25-24-21(29-22)26-14-6-9-19(15-26)20(28)23-13-12-18-7-4-3-5-8-18/h7,10-11,19H,3-6,8-9,12-15H2,1-2H3,(H,23,28)/t19-/m1/s1. The zero-order valence-corrected chi connectivity index (χ0v) is 18.3. The van der Waals surface area contributed by atoms with Crippen LogP contribution in [-0.2, 0) is 4.79 Å². The smallest absolute Gasteiger partial charge is 0.224 e. The number of allylic oxidation sites excluding steroid dienone is 1. The molecule has 2 aromatic rings. The van der Waals surface area contributed by atoms with Crippen molar-refractivity contribution in [2.45, 2.75) is 58.8 Å². The van der Waals surface area contributed by atoms with E-state index in [-0.39, 0.29) is 11.8 Å². The highest BCUT2D eigenvalue weighted by Gasteiger charge is 2.27. The average molecular weight is 414 g/mol. The van der Waals surface area contributed by atoms with Gasteiger partial charge in [0, 0.05) is 31.0 Å². The van der Waals surface area contributed by atoms with Gasteiger partial charge in [0.05, 0.1) is 5.92 Å². The lowest BCUT2D eigenvalue weighted by molar-refractivity contribution is -0.125. The first-order valence-electron chi connectivity index (χ1n) is 10.8. The van der Waals surface area contributed by atoms with Gasteiger partial charge in [-0.05, 0) is 70.9 Å². The van der Waals surface area contributed by atoms with Crippen LogP contribution in [0.25, 0.3) is 5.13 Å². The van der Waals surface area contributed by atoms with Crippen LogP contribution >= 0.6 is 11.3 Å². The maximum atomic E-state index is 12.7. The van der Waals surface area contributed by atoms with Gasteiger partial charge in [-0.3, -0.25) is 9.36 Å². The molecule has 1 aliphatic heterocycles. The Morgan fingerprint density at radius 2 is 1.97 bits per heavy atom. The van der Waals surface area contributed by atoms with Crippen LogP contribution in [0.15, 0.2) is 23.8 Å². The SMILES string of the molecule is Cc1ccc(C)n1-c1nnc(N2CCC[C@@H](C(=O)NCCC3=CCCCC3)C2)s1. The summed E-state index contributed by atoms with van der Waals surface area (Å²) in [6.45, 7) is 6.59. The number of carbonyl (C=O) groups excluding carboxylic acids is 1. The molecule has 3 heterocycles. The van der Waals surface area contributed by atoms with Gasteiger partial charge in [0.25, 0.3) is 0 Å². The van der Waals surface area contributed by atoms with E-state index in [9.17, 15) is 4.79 Å². The molecule has 0 saturated carbocycles. The fourth-order valence-corrected chi connectivity index (χ4v) is 5.38. The molecule has 1 saturated heterocycles. The van der Waals surface area contributed by atoms with Crippen molar-refractivity contribution < 1.29 is 4.79 Å². The number of piperidine rings is 1. The molecule has 0 aromatic carbocycles. The summed E-state index contributed by atoms with van der Waals surface area (Å²) in [5.74, 6) is 0.222. The van der Waals surface area contributed by atoms with Crippen LogP contribution in [0, 0.1) is 19.8 Å². The molecule has 7 heteroatoms. The number of aryl methyl sites for hydroxylation is 2. The van der Waals surface area contributed by atoms with E-state index in [1.807, 2.05) is 0 Å². The number of amides is 1. The third-order valence-electron chi connectivity index (χ3n) is 6.06. The first-order chi connectivity index (χ1) is 14.1. The van der Waals surface area contributed by atoms with E-state index in [1.165, 1.54) is 31.3 Å². The summed E-state index contributed by atoms with van der Waals surface area (Å²) in [6, 6.07) is 4.20. The highest BCUT2D eigenvalue weighted by atomic mass is 32.1. The molecule has 1 amide bonds. The van der Waals surface area contributed by atoms with Crippen molar-refractivity contribution >= 4 is 22.4 Å². The molecule has 1 fully saturated rings. The van der Waals surface area contributed by atoms with E-state index in [2.05, 4.69) is 57.0 Å². The van der Waals surface area contributed by atoms with Gasteiger partial charge in [0.1, 0.15) is 0 Å². The third-order valence-corrected chi connectivity index (χ3v) is 7.03. The molecule has 0 spiro atoms. The monoisotopic (exact) mass is 413 g/mol. The van der Waals surface area contributed by atoms with Gasteiger partial charge in [-0.15, -0.1) is 10.2 Å². The van der Waals surface area contributed by atoms with Crippen LogP contribution < -0.4 is 10.2 Å². The van der Waals surface area contributed by atoms with Crippen molar-refractivity contribution in [1.82, 2.24) is 20.1 Å². The number of anilines is 1. The van der Waals surface area contributed by atoms with E-state index in [1.54, 1.807) is 11.3 Å². The van der Waals surface area contributed by atoms with Crippen molar-refractivity contribution in [2.75, 3.05) is 24.5 Å². The summed E-state index contributed by atoms with van der Waals surface area (Å²) >= 11 is 1.60. The second kappa shape index (κ2) is 9.11. The van der Waals surface area contributed by atoms with Crippen molar-refractivity contribution in [3.63, 3.8) is 0 Å². The first-order valence-corrected chi connectivity index (χ1v) is 11.6. The normalized spacial score (nSPS) is 19.9. The lowest BCUT2D eigenvalue weighted by atomic mass is 9.96. The van der Waals surface area contributed by atoms with Crippen LogP contribution in [0.2, 0.25) is 0 Å². The van der Waals surface area contributed by atoms with Gasteiger partial charge >= 0.3 is 0 Å². The van der Waals surface area contributed by atoms with Crippen molar-refractivity contribution in [2.24, 2.45) is 5.92 Å². The number of nitrogens with zero attached hydrogens (tertiary/aromatic N) is 4. The van der Waals surface area contributed by atoms with Crippen LogP contribution in [0.1, 0.15) is 56.3 Å². The number of rotatable bonds is 6. The van der Waals surface area contributed by atoms with Crippen LogP contribution in [-0.4, -0.2) is 40.3 Å². The molecule has 4 rings (SSSR count). The minimum atomic E-state index is 0.0338. The van der Waals surface area contributed by atoms with Crippen LogP contribution in [0.5, 0.6) is 0 Å². The topological polar surface area (TPSA) is 63.1 Å². The maximum absolute atomic E-state index is 12.7. The summed E-state index contributed by atoms with van der Waals surface area (Å²) in [5, 5.41) is 13.8. The summed E-state index contributed by atoms with van der Waals surface area (Å²) < 4.78 is 2.13. The Morgan fingerprint density at radius 1 is 1.17 bits per heavy atom. The van der Waals surface area contributed by atoms with Gasteiger partial charge < -0.3 is 10.2 Å². The van der Waals surface area contributed by atoms with Crippen LogP contribution in [0.3, 0.4) is 0 Å². The Morgan fingerprint density at radius 3 is 2.72 bits per heavy atom. The molecule has 1 N–H and O–H groups in total. The first kappa shape index (κ1) is 20.1. The lowest BCUT2D eigenvalue weighted by Crippen LogP contribution is -2.43. The van der Waals surface area contributed by atoms with Crippen molar-refractivity contribution in [3.05, 3.63) is 35.2 Å². The fraction of sp³-hybridized carbons (Fsp3) is 0.591. The molecule has 2 aliphatic rings. The molecule has 2 aromatic heterocycles. The van der Waals surface area contributed by atoms with Gasteiger partial charge in [-0.25, -0.2) is 0 Å². The molecule has 1 atom stereocenters. The summed E-state index contributed by atoms with van der Waals surface area (Å²) in [6.07, 6.45) is 10.3. The second-order valence-corrected chi connectivity index (χ2v) is 9.19. The average Bonchev–Trinajstić information content (AvgIpc) is 3.35. The highest BCUT2D eigenvalue weighted by molar-refractivity contribution is 7.17. The number of hydrogen-bond donors (Lipinski definition) is 1. The quantitative estimate of drug-likeness (QED) is 0.722. The number of hydrogen-bond acceptors (Lipinski definition) is 5. The molecular weight excluding hydrogens is 382 g/mol. The van der Waals surface area contributed by atoms with E-state index in [0.717, 1.165) is 60.5 Å². The largest absolute Gasteiger partial charge is 0.355 e. The molecule has 0 bridgehead atoms. The molecule has 29 heavy (non-hydrogen) atoms. The minimum Gasteiger partial charge on any atom is -0.355 e. The van der Waals surface area contributed by atoms with Gasteiger partial charge in [-0.1, -0.05) is 23.0 Å². The number of nitrogens with one attached hydrogen (secondary N) is 1. The van der Waals surface area contributed by atoms with Gasteiger partial charge in [0.15, 0.2) is 0 Å².